The molecule has 0 radical (unpaired) electrons. The molecular formula is C33H60N10O2. The molecule has 4 heterocycles. The van der Waals surface area contributed by atoms with Crippen molar-refractivity contribution in [1.82, 2.24) is 24.4 Å². The molecule has 0 spiro atoms. The van der Waals surface area contributed by atoms with Crippen LogP contribution >= 0.6 is 0 Å². The van der Waals surface area contributed by atoms with Crippen molar-refractivity contribution in [3.8, 4) is 6.07 Å². The van der Waals surface area contributed by atoms with Crippen LogP contribution in [0.1, 0.15) is 101 Å². The number of carbonyl (C=O) groups excluding carboxylic acids is 1. The van der Waals surface area contributed by atoms with Crippen LogP contribution in [0.2, 0.25) is 0 Å². The number of fused-ring (bicyclic) bond motifs is 1. The van der Waals surface area contributed by atoms with Crippen molar-refractivity contribution in [1.29, 1.82) is 5.26 Å². The van der Waals surface area contributed by atoms with Gasteiger partial charge in [0.15, 0.2) is 5.82 Å². The third-order valence-electron chi connectivity index (χ3n) is 5.68. The number of nitrogens with zero attached hydrogens (tertiary/aromatic N) is 7. The molecule has 1 aliphatic rings. The summed E-state index contributed by atoms with van der Waals surface area (Å²) in [6.45, 7) is 28.2. The maximum atomic E-state index is 12.5. The lowest BCUT2D eigenvalue weighted by Crippen LogP contribution is -2.50. The van der Waals surface area contributed by atoms with Gasteiger partial charge in [-0.25, -0.2) is 9.78 Å². The quantitative estimate of drug-likeness (QED) is 0.269. The average Bonchev–Trinajstić information content (AvgIpc) is 3.42. The SMILES string of the molecule is CC.CC.CC.CC.CC.Cn1ccc2nc(CNc3nc(N)nc(N)c3C#N)c(N3CCN(C(=O)OC(C)(C)C)CC3)cc21. The summed E-state index contributed by atoms with van der Waals surface area (Å²) in [5.41, 5.74) is 14.7. The van der Waals surface area contributed by atoms with Gasteiger partial charge in [0.25, 0.3) is 0 Å². The number of anilines is 4. The molecule has 0 aromatic carbocycles. The number of nitrogens with two attached hydrogens (primary N) is 2. The summed E-state index contributed by atoms with van der Waals surface area (Å²) in [4.78, 5) is 29.3. The van der Waals surface area contributed by atoms with Crippen molar-refractivity contribution in [3.05, 3.63) is 29.6 Å². The molecular weight excluding hydrogens is 568 g/mol. The molecule has 1 saturated heterocycles. The molecule has 0 unspecified atom stereocenters. The maximum absolute atomic E-state index is 12.5. The zero-order chi connectivity index (χ0) is 35.3. The van der Waals surface area contributed by atoms with Crippen LogP contribution in [-0.4, -0.2) is 62.3 Å². The Labute approximate surface area is 272 Å². The summed E-state index contributed by atoms with van der Waals surface area (Å²) < 4.78 is 7.53. The van der Waals surface area contributed by atoms with Gasteiger partial charge in [-0.2, -0.15) is 15.2 Å². The lowest BCUT2D eigenvalue weighted by molar-refractivity contribution is 0.0240. The van der Waals surface area contributed by atoms with E-state index in [1.54, 1.807) is 4.90 Å². The van der Waals surface area contributed by atoms with Crippen LogP contribution in [0, 0.1) is 11.3 Å². The van der Waals surface area contributed by atoms with Gasteiger partial charge in [0.05, 0.1) is 29.0 Å². The Balaban J connectivity index is 0. The number of hydrogen-bond donors (Lipinski definition) is 3. The van der Waals surface area contributed by atoms with Crippen molar-refractivity contribution < 1.29 is 9.53 Å². The van der Waals surface area contributed by atoms with E-state index in [9.17, 15) is 10.1 Å². The Bertz CT molecular complexity index is 1300. The first-order valence-corrected chi connectivity index (χ1v) is 16.3. The molecule has 0 bridgehead atoms. The van der Waals surface area contributed by atoms with Crippen molar-refractivity contribution in [2.45, 2.75) is 102 Å². The van der Waals surface area contributed by atoms with E-state index >= 15 is 0 Å². The van der Waals surface area contributed by atoms with Crippen LogP contribution in [0.15, 0.2) is 18.3 Å². The number of nitriles is 1. The summed E-state index contributed by atoms with van der Waals surface area (Å²) in [6.07, 6.45) is 1.65. The highest BCUT2D eigenvalue weighted by molar-refractivity contribution is 5.81. The second-order valence-electron chi connectivity index (χ2n) is 9.40. The highest BCUT2D eigenvalue weighted by Crippen LogP contribution is 2.28. The highest BCUT2D eigenvalue weighted by Gasteiger charge is 2.27. The number of aryl methyl sites for hydroxylation is 1. The Morgan fingerprint density at radius 2 is 1.51 bits per heavy atom. The number of amides is 1. The fourth-order valence-corrected chi connectivity index (χ4v) is 3.98. The largest absolute Gasteiger partial charge is 0.444 e. The molecule has 5 N–H and O–H groups in total. The Morgan fingerprint density at radius 3 is 2.02 bits per heavy atom. The van der Waals surface area contributed by atoms with Crippen molar-refractivity contribution in [2.75, 3.05) is 47.9 Å². The number of rotatable bonds is 4. The van der Waals surface area contributed by atoms with E-state index in [1.807, 2.05) is 120 Å². The van der Waals surface area contributed by atoms with Gasteiger partial charge in [-0.05, 0) is 32.9 Å². The van der Waals surface area contributed by atoms with Gasteiger partial charge in [0.2, 0.25) is 5.95 Å². The zero-order valence-corrected chi connectivity index (χ0v) is 30.4. The Hall–Kier alpha value is -4.27. The summed E-state index contributed by atoms with van der Waals surface area (Å²) in [7, 11) is 1.97. The van der Waals surface area contributed by atoms with Crippen LogP contribution < -0.4 is 21.7 Å². The number of aromatic nitrogens is 4. The highest BCUT2D eigenvalue weighted by atomic mass is 16.6. The molecule has 0 saturated carbocycles. The molecule has 12 nitrogen and oxygen atoms in total. The van der Waals surface area contributed by atoms with E-state index in [-0.39, 0.29) is 35.8 Å². The molecule has 12 heteroatoms. The first-order valence-electron chi connectivity index (χ1n) is 16.3. The number of carbonyl (C=O) groups is 1. The average molecular weight is 629 g/mol. The van der Waals surface area contributed by atoms with E-state index in [2.05, 4.69) is 26.3 Å². The van der Waals surface area contributed by atoms with E-state index < -0.39 is 5.60 Å². The van der Waals surface area contributed by atoms with Gasteiger partial charge >= 0.3 is 6.09 Å². The number of ether oxygens (including phenoxy) is 1. The summed E-state index contributed by atoms with van der Waals surface area (Å²) in [6, 6.07) is 6.06. The molecule has 1 amide bonds. The summed E-state index contributed by atoms with van der Waals surface area (Å²) >= 11 is 0. The minimum absolute atomic E-state index is 0.0195. The third kappa shape index (κ3) is 12.7. The smallest absolute Gasteiger partial charge is 0.410 e. The van der Waals surface area contributed by atoms with Gasteiger partial charge in [-0.15, -0.1) is 0 Å². The molecule has 3 aromatic rings. The molecule has 4 rings (SSSR count). The van der Waals surface area contributed by atoms with Gasteiger partial charge in [0.1, 0.15) is 23.1 Å². The Morgan fingerprint density at radius 1 is 0.956 bits per heavy atom. The van der Waals surface area contributed by atoms with Gasteiger partial charge < -0.3 is 35.9 Å². The van der Waals surface area contributed by atoms with Crippen LogP contribution in [0.4, 0.5) is 28.1 Å². The van der Waals surface area contributed by atoms with Crippen LogP contribution in [-0.2, 0) is 18.3 Å². The second kappa shape index (κ2) is 22.3. The molecule has 0 aliphatic carbocycles. The van der Waals surface area contributed by atoms with Gasteiger partial charge in [-0.1, -0.05) is 69.2 Å². The monoisotopic (exact) mass is 628 g/mol. The molecule has 1 fully saturated rings. The van der Waals surface area contributed by atoms with Crippen molar-refractivity contribution in [3.63, 3.8) is 0 Å². The van der Waals surface area contributed by atoms with Crippen LogP contribution in [0.3, 0.4) is 0 Å². The maximum Gasteiger partial charge on any atom is 0.410 e. The first kappa shape index (κ1) is 42.9. The predicted molar refractivity (Wildman–Crippen MR) is 190 cm³/mol. The number of nitrogen functional groups attached to an aromatic ring is 2. The number of pyridine rings is 1. The topological polar surface area (TPSA) is 164 Å². The van der Waals surface area contributed by atoms with E-state index in [0.29, 0.717) is 26.2 Å². The van der Waals surface area contributed by atoms with Crippen LogP contribution in [0.25, 0.3) is 11.0 Å². The van der Waals surface area contributed by atoms with Gasteiger partial charge in [-0.3, -0.25) is 0 Å². The zero-order valence-electron chi connectivity index (χ0n) is 30.4. The second-order valence-corrected chi connectivity index (χ2v) is 9.40. The predicted octanol–water partition coefficient (Wildman–Crippen LogP) is 7.20. The van der Waals surface area contributed by atoms with E-state index in [4.69, 9.17) is 21.2 Å². The number of nitrogens with one attached hydrogen (secondary N) is 1. The van der Waals surface area contributed by atoms with Gasteiger partial charge in [0, 0.05) is 39.4 Å². The van der Waals surface area contributed by atoms with E-state index in [1.165, 1.54) is 0 Å². The third-order valence-corrected chi connectivity index (χ3v) is 5.68. The molecule has 3 aromatic heterocycles. The molecule has 0 atom stereocenters. The fourth-order valence-electron chi connectivity index (χ4n) is 3.98. The lowest BCUT2D eigenvalue weighted by atomic mass is 10.2. The molecule has 1 aliphatic heterocycles. The number of piperazine rings is 1. The fraction of sp³-hybridized carbons (Fsp3) is 0.606. The molecule has 254 valence electrons. The number of hydrogen-bond acceptors (Lipinski definition) is 10. The van der Waals surface area contributed by atoms with Crippen LogP contribution in [0.5, 0.6) is 0 Å². The molecule has 45 heavy (non-hydrogen) atoms. The Kier molecular flexibility index (Phi) is 21.2. The van der Waals surface area contributed by atoms with E-state index in [0.717, 1.165) is 22.4 Å². The standard InChI is InChI=1S/C23H30N10O2.5C2H6/c1-23(2,3)35-22(34)33-9-7-32(8-10-33)18-11-17-15(5-6-31(17)4)28-16(18)13-27-20-14(12-24)19(25)29-21(26)30-20;5*1-2/h5-6,11H,7-10,13H2,1-4H3,(H5,25,26,27,29,30);5*1-2H3. The minimum Gasteiger partial charge on any atom is -0.444 e. The minimum atomic E-state index is -0.537. The van der Waals surface area contributed by atoms with Crippen molar-refractivity contribution in [2.24, 2.45) is 7.05 Å². The summed E-state index contributed by atoms with van der Waals surface area (Å²) in [5, 5.41) is 12.6. The van der Waals surface area contributed by atoms with Crippen molar-refractivity contribution >= 4 is 40.4 Å². The first-order chi connectivity index (χ1) is 21.6. The lowest BCUT2D eigenvalue weighted by Gasteiger charge is -2.37. The normalized spacial score (nSPS) is 11.7. The summed E-state index contributed by atoms with van der Waals surface area (Å²) in [5.74, 6) is 0.259.